The lowest BCUT2D eigenvalue weighted by Gasteiger charge is -1.89. The van der Waals surface area contributed by atoms with Gasteiger partial charge in [-0.2, -0.15) is 0 Å². The number of esters is 1. The Morgan fingerprint density at radius 3 is 2.33 bits per heavy atom. The highest BCUT2D eigenvalue weighted by Gasteiger charge is 1.91. The van der Waals surface area contributed by atoms with Gasteiger partial charge in [-0.3, -0.25) is 4.79 Å². The molecule has 0 aliphatic rings. The predicted molar refractivity (Wildman–Crippen MR) is 63.5 cm³/mol. The number of carbonyl (C=O) groups is 1. The summed E-state index contributed by atoms with van der Waals surface area (Å²) in [6.45, 7) is 2.00. The molecule has 2 nitrogen and oxygen atoms in total. The van der Waals surface area contributed by atoms with Crippen molar-refractivity contribution >= 4 is 5.97 Å². The quantitative estimate of drug-likeness (QED) is 0.379. The third kappa shape index (κ3) is 10.4. The minimum atomic E-state index is -0.219. The van der Waals surface area contributed by atoms with Gasteiger partial charge in [0.15, 0.2) is 0 Å². The third-order valence-electron chi connectivity index (χ3n) is 1.63. The maximum absolute atomic E-state index is 10.7. The van der Waals surface area contributed by atoms with Gasteiger partial charge in [0, 0.05) is 0 Å². The molecular weight excluding hydrogens is 188 g/mol. The van der Waals surface area contributed by atoms with Gasteiger partial charge in [-0.1, -0.05) is 48.6 Å². The average Bonchev–Trinajstić information content (AvgIpc) is 2.26. The van der Waals surface area contributed by atoms with E-state index in [0.29, 0.717) is 6.42 Å². The summed E-state index contributed by atoms with van der Waals surface area (Å²) in [7, 11) is 1.38. The Morgan fingerprint density at radius 2 is 1.73 bits per heavy atom. The minimum absolute atomic E-state index is 0.219. The van der Waals surface area contributed by atoms with Crippen LogP contribution in [0.15, 0.2) is 48.6 Å². The molecule has 0 bridgehead atoms. The average molecular weight is 206 g/mol. The molecule has 0 spiro atoms. The second-order valence-corrected chi connectivity index (χ2v) is 2.83. The van der Waals surface area contributed by atoms with Gasteiger partial charge in [0.1, 0.15) is 0 Å². The molecular formula is C13H18O2. The molecule has 0 aliphatic heterocycles. The van der Waals surface area contributed by atoms with Gasteiger partial charge in [-0.15, -0.1) is 0 Å². The first-order chi connectivity index (χ1) is 7.31. The number of methoxy groups -OCH3 is 1. The van der Waals surface area contributed by atoms with Gasteiger partial charge in [0.05, 0.1) is 13.5 Å². The maximum atomic E-state index is 10.7. The van der Waals surface area contributed by atoms with E-state index in [9.17, 15) is 4.79 Å². The van der Waals surface area contributed by atoms with Crippen LogP contribution >= 0.6 is 0 Å². The lowest BCUT2D eigenvalue weighted by molar-refractivity contribution is -0.139. The van der Waals surface area contributed by atoms with E-state index in [1.54, 1.807) is 6.08 Å². The molecule has 0 saturated heterocycles. The Morgan fingerprint density at radius 1 is 1.07 bits per heavy atom. The van der Waals surface area contributed by atoms with Crippen LogP contribution in [0.5, 0.6) is 0 Å². The summed E-state index contributed by atoms with van der Waals surface area (Å²) in [6, 6.07) is 0. The number of carbonyl (C=O) groups excluding carboxylic acids is 1. The molecule has 0 aromatic carbocycles. The molecule has 0 N–H and O–H groups in total. The molecule has 0 aliphatic carbocycles. The molecule has 0 radical (unpaired) electrons. The number of rotatable bonds is 6. The zero-order valence-corrected chi connectivity index (χ0v) is 9.35. The van der Waals surface area contributed by atoms with Crippen molar-refractivity contribution in [3.63, 3.8) is 0 Å². The van der Waals surface area contributed by atoms with Crippen LogP contribution < -0.4 is 0 Å². The summed E-state index contributed by atoms with van der Waals surface area (Å²) < 4.78 is 4.49. The Bertz CT molecular complexity index is 270. The number of hydrogen-bond donors (Lipinski definition) is 0. The Labute approximate surface area is 91.6 Å². The molecule has 0 aromatic heterocycles. The molecule has 0 atom stereocenters. The Kier molecular flexibility index (Phi) is 9.41. The van der Waals surface area contributed by atoms with Crippen molar-refractivity contribution in [2.75, 3.05) is 7.11 Å². The molecule has 0 amide bonds. The fourth-order valence-corrected chi connectivity index (χ4v) is 0.826. The molecule has 0 saturated carbocycles. The van der Waals surface area contributed by atoms with E-state index in [2.05, 4.69) is 16.9 Å². The normalized spacial score (nSPS) is 12.4. The molecule has 0 fully saturated rings. The number of hydrogen-bond acceptors (Lipinski definition) is 2. The molecule has 0 unspecified atom stereocenters. The van der Waals surface area contributed by atoms with Gasteiger partial charge >= 0.3 is 5.97 Å². The Hall–Kier alpha value is -1.57. The van der Waals surface area contributed by atoms with Crippen LogP contribution in [-0.4, -0.2) is 13.1 Å². The minimum Gasteiger partial charge on any atom is -0.469 e. The van der Waals surface area contributed by atoms with E-state index in [0.717, 1.165) is 6.42 Å². The molecule has 0 aromatic rings. The fraction of sp³-hybridized carbons (Fsp3) is 0.308. The van der Waals surface area contributed by atoms with E-state index < -0.39 is 0 Å². The van der Waals surface area contributed by atoms with E-state index in [1.807, 2.05) is 37.3 Å². The van der Waals surface area contributed by atoms with Crippen molar-refractivity contribution in [1.29, 1.82) is 0 Å². The lowest BCUT2D eigenvalue weighted by Crippen LogP contribution is -1.96. The van der Waals surface area contributed by atoms with Crippen LogP contribution in [0.25, 0.3) is 0 Å². The van der Waals surface area contributed by atoms with Gasteiger partial charge < -0.3 is 4.74 Å². The van der Waals surface area contributed by atoms with Crippen molar-refractivity contribution < 1.29 is 9.53 Å². The second-order valence-electron chi connectivity index (χ2n) is 2.83. The first-order valence-corrected chi connectivity index (χ1v) is 4.97. The molecule has 15 heavy (non-hydrogen) atoms. The third-order valence-corrected chi connectivity index (χ3v) is 1.63. The van der Waals surface area contributed by atoms with Crippen LogP contribution in [0.4, 0.5) is 0 Å². The van der Waals surface area contributed by atoms with Crippen molar-refractivity contribution in [1.82, 2.24) is 0 Å². The summed E-state index contributed by atoms with van der Waals surface area (Å²) >= 11 is 0. The lowest BCUT2D eigenvalue weighted by atomic mass is 10.3. The second kappa shape index (κ2) is 10.5. The standard InChI is InChI=1S/C13H18O2/c1-3-4-5-6-7-8-9-10-11-12-13(14)15-2/h3-4,6-11H,5,12H2,1-2H3. The van der Waals surface area contributed by atoms with Crippen molar-refractivity contribution in [3.05, 3.63) is 48.6 Å². The topological polar surface area (TPSA) is 26.3 Å². The first-order valence-electron chi connectivity index (χ1n) is 4.97. The highest BCUT2D eigenvalue weighted by molar-refractivity contribution is 5.70. The van der Waals surface area contributed by atoms with Crippen LogP contribution in [0.2, 0.25) is 0 Å². The smallest absolute Gasteiger partial charge is 0.309 e. The summed E-state index contributed by atoms with van der Waals surface area (Å²) in [4.78, 5) is 10.7. The van der Waals surface area contributed by atoms with E-state index in [1.165, 1.54) is 7.11 Å². The first kappa shape index (κ1) is 13.4. The molecule has 82 valence electrons. The summed E-state index contributed by atoms with van der Waals surface area (Å²) in [5.41, 5.74) is 0. The van der Waals surface area contributed by atoms with E-state index in [4.69, 9.17) is 0 Å². The van der Waals surface area contributed by atoms with Gasteiger partial charge in [0.25, 0.3) is 0 Å². The summed E-state index contributed by atoms with van der Waals surface area (Å²) in [6.07, 6.45) is 16.8. The largest absolute Gasteiger partial charge is 0.469 e. The van der Waals surface area contributed by atoms with Gasteiger partial charge in [0.2, 0.25) is 0 Å². The Balaban J connectivity index is 3.61. The summed E-state index contributed by atoms with van der Waals surface area (Å²) in [5.74, 6) is -0.219. The number of ether oxygens (including phenoxy) is 1. The predicted octanol–water partition coefficient (Wildman–Crippen LogP) is 3.18. The van der Waals surface area contributed by atoms with E-state index in [-0.39, 0.29) is 5.97 Å². The highest BCUT2D eigenvalue weighted by atomic mass is 16.5. The molecule has 0 heterocycles. The zero-order chi connectivity index (χ0) is 11.4. The van der Waals surface area contributed by atoms with Crippen LogP contribution in [-0.2, 0) is 9.53 Å². The zero-order valence-electron chi connectivity index (χ0n) is 9.35. The van der Waals surface area contributed by atoms with Crippen LogP contribution in [0.3, 0.4) is 0 Å². The van der Waals surface area contributed by atoms with Crippen LogP contribution in [0.1, 0.15) is 19.8 Å². The summed E-state index contributed by atoms with van der Waals surface area (Å²) in [5, 5.41) is 0. The van der Waals surface area contributed by atoms with Crippen molar-refractivity contribution in [2.45, 2.75) is 19.8 Å². The SMILES string of the molecule is CC=CCC=CC=CC=CCC(=O)OC. The van der Waals surface area contributed by atoms with Gasteiger partial charge in [-0.25, -0.2) is 0 Å². The maximum Gasteiger partial charge on any atom is 0.309 e. The highest BCUT2D eigenvalue weighted by Crippen LogP contribution is 1.89. The fourth-order valence-electron chi connectivity index (χ4n) is 0.826. The molecule has 2 heteroatoms. The van der Waals surface area contributed by atoms with Gasteiger partial charge in [-0.05, 0) is 13.3 Å². The van der Waals surface area contributed by atoms with E-state index >= 15 is 0 Å². The van der Waals surface area contributed by atoms with Crippen LogP contribution in [0, 0.1) is 0 Å². The van der Waals surface area contributed by atoms with Crippen molar-refractivity contribution in [2.24, 2.45) is 0 Å². The molecule has 0 rings (SSSR count). The number of allylic oxidation sites excluding steroid dienone is 7. The van der Waals surface area contributed by atoms with Crippen molar-refractivity contribution in [3.8, 4) is 0 Å². The monoisotopic (exact) mass is 206 g/mol.